The molecule has 5 nitrogen and oxygen atoms in total. The summed E-state index contributed by atoms with van der Waals surface area (Å²) in [5.41, 5.74) is 11.0. The highest BCUT2D eigenvalue weighted by Gasteiger charge is 2.38. The van der Waals surface area contributed by atoms with Gasteiger partial charge in [-0.15, -0.1) is 4.79 Å². The Labute approximate surface area is 138 Å². The molecule has 0 radical (unpaired) electrons. The van der Waals surface area contributed by atoms with Gasteiger partial charge in [0.15, 0.2) is 0 Å². The Hall–Kier alpha value is -1.56. The molecule has 118 valence electrons. The zero-order valence-electron chi connectivity index (χ0n) is 12.7. The standard InChI is InChI=1S/C15H17BrN2O3S/c1-9-7-10(2)14(11(3)8-9)22(20,21)15(18-17)13(19)6-5-12(4)16/h7-8H,4-6H2,1-3H3. The zero-order valence-corrected chi connectivity index (χ0v) is 15.1. The molecule has 0 saturated carbocycles. The maximum absolute atomic E-state index is 12.7. The predicted molar refractivity (Wildman–Crippen MR) is 88.8 cm³/mol. The van der Waals surface area contributed by atoms with Crippen molar-refractivity contribution in [2.24, 2.45) is 0 Å². The number of hydrogen-bond acceptors (Lipinski definition) is 3. The number of halogens is 1. The third-order valence-corrected chi connectivity index (χ3v) is 5.48. The summed E-state index contributed by atoms with van der Waals surface area (Å²) in [7, 11) is -4.17. The van der Waals surface area contributed by atoms with Crippen LogP contribution in [0.3, 0.4) is 0 Å². The Balaban J connectivity index is 3.37. The van der Waals surface area contributed by atoms with E-state index in [1.165, 1.54) is 0 Å². The minimum atomic E-state index is -4.17. The Kier molecular flexibility index (Phi) is 6.00. The molecule has 0 aromatic heterocycles. The summed E-state index contributed by atoms with van der Waals surface area (Å²) in [6.45, 7) is 8.73. The molecule has 0 bridgehead atoms. The number of allylic oxidation sites excluding steroid dienone is 1. The molecule has 0 aliphatic heterocycles. The van der Waals surface area contributed by atoms with Crippen molar-refractivity contribution >= 4 is 36.6 Å². The number of hydrogen-bond donors (Lipinski definition) is 0. The van der Waals surface area contributed by atoms with Crippen LogP contribution in [0.4, 0.5) is 0 Å². The van der Waals surface area contributed by atoms with E-state index in [0.717, 1.165) is 5.56 Å². The number of nitrogens with zero attached hydrogens (tertiary/aromatic N) is 2. The highest BCUT2D eigenvalue weighted by molar-refractivity contribution is 9.11. The summed E-state index contributed by atoms with van der Waals surface area (Å²) in [4.78, 5) is 14.8. The first-order valence-electron chi connectivity index (χ1n) is 6.52. The Morgan fingerprint density at radius 1 is 1.23 bits per heavy atom. The highest BCUT2D eigenvalue weighted by Crippen LogP contribution is 2.24. The molecule has 1 aromatic rings. The molecule has 0 spiro atoms. The maximum Gasteiger partial charge on any atom is 0.451 e. The van der Waals surface area contributed by atoms with Gasteiger partial charge in [0, 0.05) is 6.42 Å². The SMILES string of the molecule is C=C(Br)CCC(=O)C(=[N+]=[N-])S(=O)(=O)c1c(C)cc(C)cc1C. The van der Waals surface area contributed by atoms with Gasteiger partial charge in [0.2, 0.25) is 0 Å². The van der Waals surface area contributed by atoms with E-state index in [0.29, 0.717) is 15.6 Å². The van der Waals surface area contributed by atoms with E-state index in [4.69, 9.17) is 5.53 Å². The van der Waals surface area contributed by atoms with E-state index in [9.17, 15) is 13.2 Å². The topological polar surface area (TPSA) is 87.6 Å². The van der Waals surface area contributed by atoms with Crippen LogP contribution >= 0.6 is 15.9 Å². The second-order valence-electron chi connectivity index (χ2n) is 5.08. The lowest BCUT2D eigenvalue weighted by atomic mass is 10.1. The van der Waals surface area contributed by atoms with E-state index < -0.39 is 20.7 Å². The van der Waals surface area contributed by atoms with Crippen LogP contribution in [-0.4, -0.2) is 24.0 Å². The average molecular weight is 385 g/mol. The van der Waals surface area contributed by atoms with Crippen LogP contribution in [0.15, 0.2) is 28.1 Å². The number of carbonyl (C=O) groups excluding carboxylic acids is 1. The first-order valence-corrected chi connectivity index (χ1v) is 8.80. The third-order valence-electron chi connectivity index (χ3n) is 3.08. The second-order valence-corrected chi connectivity index (χ2v) is 8.00. The number of ketones is 1. The number of carbonyl (C=O) groups is 1. The molecule has 0 saturated heterocycles. The van der Waals surface area contributed by atoms with Crippen molar-refractivity contribution in [3.8, 4) is 0 Å². The summed E-state index contributed by atoms with van der Waals surface area (Å²) in [5, 5.41) is -0.837. The summed E-state index contributed by atoms with van der Waals surface area (Å²) in [5.74, 6) is -0.748. The van der Waals surface area contributed by atoms with Gasteiger partial charge in [0.05, 0.1) is 4.90 Å². The van der Waals surface area contributed by atoms with Gasteiger partial charge in [-0.2, -0.15) is 0 Å². The van der Waals surface area contributed by atoms with E-state index in [2.05, 4.69) is 27.3 Å². The van der Waals surface area contributed by atoms with Gasteiger partial charge in [-0.1, -0.05) is 40.2 Å². The fourth-order valence-corrected chi connectivity index (χ4v) is 4.17. The fraction of sp³-hybridized carbons (Fsp3) is 0.333. The summed E-state index contributed by atoms with van der Waals surface area (Å²) >= 11 is 3.10. The molecule has 0 aliphatic carbocycles. The number of benzene rings is 1. The minimum Gasteiger partial charge on any atom is -0.360 e. The van der Waals surface area contributed by atoms with Crippen molar-refractivity contribution < 1.29 is 18.0 Å². The van der Waals surface area contributed by atoms with Crippen LogP contribution in [0.1, 0.15) is 29.5 Å². The van der Waals surface area contributed by atoms with Gasteiger partial charge in [-0.05, 0) is 42.8 Å². The smallest absolute Gasteiger partial charge is 0.360 e. The average Bonchev–Trinajstić information content (AvgIpc) is 2.34. The normalized spacial score (nSPS) is 10.9. The van der Waals surface area contributed by atoms with Gasteiger partial charge in [0.25, 0.3) is 15.6 Å². The van der Waals surface area contributed by atoms with Crippen LogP contribution in [0.25, 0.3) is 5.53 Å². The summed E-state index contributed by atoms with van der Waals surface area (Å²) < 4.78 is 25.9. The highest BCUT2D eigenvalue weighted by atomic mass is 79.9. The fourth-order valence-electron chi connectivity index (χ4n) is 2.30. The molecule has 7 heteroatoms. The molecule has 0 N–H and O–H groups in total. The molecular weight excluding hydrogens is 368 g/mol. The molecule has 1 rings (SSSR count). The molecular formula is C15H17BrN2O3S. The molecule has 0 heterocycles. The van der Waals surface area contributed by atoms with Crippen molar-refractivity contribution in [1.82, 2.24) is 0 Å². The van der Waals surface area contributed by atoms with Crippen LogP contribution in [0, 0.1) is 20.8 Å². The molecule has 0 amide bonds. The lowest BCUT2D eigenvalue weighted by Gasteiger charge is -2.09. The molecule has 0 fully saturated rings. The first kappa shape index (κ1) is 18.5. The van der Waals surface area contributed by atoms with Gasteiger partial charge in [-0.3, -0.25) is 4.79 Å². The largest absolute Gasteiger partial charge is 0.451 e. The Morgan fingerprint density at radius 2 is 1.73 bits per heavy atom. The van der Waals surface area contributed by atoms with Crippen molar-refractivity contribution in [1.29, 1.82) is 0 Å². The van der Waals surface area contributed by atoms with E-state index >= 15 is 0 Å². The maximum atomic E-state index is 12.7. The molecule has 1 aromatic carbocycles. The van der Waals surface area contributed by atoms with E-state index in [1.54, 1.807) is 26.0 Å². The predicted octanol–water partition coefficient (Wildman–Crippen LogP) is 3.27. The number of aryl methyl sites for hydroxylation is 3. The monoisotopic (exact) mass is 384 g/mol. The third kappa shape index (κ3) is 4.00. The first-order chi connectivity index (χ1) is 10.1. The van der Waals surface area contributed by atoms with Gasteiger partial charge < -0.3 is 5.53 Å². The van der Waals surface area contributed by atoms with Gasteiger partial charge in [-0.25, -0.2) is 8.42 Å². The van der Waals surface area contributed by atoms with Gasteiger partial charge >= 0.3 is 5.04 Å². The van der Waals surface area contributed by atoms with Crippen molar-refractivity contribution in [2.75, 3.05) is 0 Å². The van der Waals surface area contributed by atoms with Crippen LogP contribution in [0.2, 0.25) is 0 Å². The van der Waals surface area contributed by atoms with Crippen LogP contribution in [-0.2, 0) is 14.6 Å². The lowest BCUT2D eigenvalue weighted by molar-refractivity contribution is -0.116. The van der Waals surface area contributed by atoms with E-state index in [1.807, 2.05) is 6.92 Å². The quantitative estimate of drug-likeness (QED) is 0.337. The zero-order chi connectivity index (χ0) is 17.1. The molecule has 0 atom stereocenters. The van der Waals surface area contributed by atoms with Gasteiger partial charge in [0.1, 0.15) is 0 Å². The Morgan fingerprint density at radius 3 is 2.14 bits per heavy atom. The number of sulfone groups is 1. The Bertz CT molecular complexity index is 768. The summed E-state index contributed by atoms with van der Waals surface area (Å²) in [6.07, 6.45) is 0.159. The van der Waals surface area contributed by atoms with Crippen molar-refractivity contribution in [3.63, 3.8) is 0 Å². The number of rotatable bonds is 5. The number of Topliss-reactive ketones (excluding diaryl/α,β-unsaturated/α-hetero) is 1. The molecule has 0 unspecified atom stereocenters. The van der Waals surface area contributed by atoms with E-state index in [-0.39, 0.29) is 17.7 Å². The molecule has 22 heavy (non-hydrogen) atoms. The molecule has 0 aliphatic rings. The van der Waals surface area contributed by atoms with Crippen LogP contribution < -0.4 is 0 Å². The van der Waals surface area contributed by atoms with Crippen LogP contribution in [0.5, 0.6) is 0 Å². The second kappa shape index (κ2) is 7.13. The minimum absolute atomic E-state index is 0.0110. The van der Waals surface area contributed by atoms with Crippen molar-refractivity contribution in [2.45, 2.75) is 38.5 Å². The summed E-state index contributed by atoms with van der Waals surface area (Å²) in [6, 6.07) is 3.42. The lowest BCUT2D eigenvalue weighted by Crippen LogP contribution is -2.27. The van der Waals surface area contributed by atoms with Crippen molar-refractivity contribution in [3.05, 3.63) is 45.4 Å².